The second-order valence-electron chi connectivity index (χ2n) is 4.09. The van der Waals surface area contributed by atoms with E-state index in [9.17, 15) is 9.59 Å². The van der Waals surface area contributed by atoms with Gasteiger partial charge in [-0.05, 0) is 12.5 Å². The number of nitrogens with zero attached hydrogens (tertiary/aromatic N) is 2. The van der Waals surface area contributed by atoms with Gasteiger partial charge in [0.25, 0.3) is 0 Å². The molecule has 20 heavy (non-hydrogen) atoms. The standard InChI is InChI=1S/C14H18N2O4/c1-12(17)10-16(9-8-15-19-2)14(18)20-11-13-6-4-3-5-7-13/h3-8H,9-11H2,1-2H3/b15-8+. The maximum absolute atomic E-state index is 11.9. The molecule has 0 spiro atoms. The summed E-state index contributed by atoms with van der Waals surface area (Å²) in [6.45, 7) is 1.70. The third-order valence-corrected chi connectivity index (χ3v) is 2.36. The topological polar surface area (TPSA) is 68.2 Å². The van der Waals surface area contributed by atoms with E-state index in [1.165, 1.54) is 25.1 Å². The van der Waals surface area contributed by atoms with Crippen molar-refractivity contribution in [3.05, 3.63) is 35.9 Å². The fraction of sp³-hybridized carbons (Fsp3) is 0.357. The Hall–Kier alpha value is -2.37. The number of amides is 1. The maximum Gasteiger partial charge on any atom is 0.410 e. The van der Waals surface area contributed by atoms with Crippen molar-refractivity contribution in [3.63, 3.8) is 0 Å². The zero-order valence-corrected chi connectivity index (χ0v) is 11.6. The molecule has 1 amide bonds. The molecule has 1 rings (SSSR count). The highest BCUT2D eigenvalue weighted by molar-refractivity contribution is 5.83. The normalized spacial score (nSPS) is 10.3. The SMILES string of the molecule is CO/N=C/CN(CC(C)=O)C(=O)OCc1ccccc1. The third-order valence-electron chi connectivity index (χ3n) is 2.36. The lowest BCUT2D eigenvalue weighted by Gasteiger charge is -2.18. The second kappa shape index (κ2) is 8.68. The Balaban J connectivity index is 2.53. The van der Waals surface area contributed by atoms with Gasteiger partial charge in [-0.25, -0.2) is 4.79 Å². The molecular formula is C14H18N2O4. The number of Topliss-reactive ketones (excluding diaryl/α,β-unsaturated/α-hetero) is 1. The fourth-order valence-electron chi connectivity index (χ4n) is 1.49. The van der Waals surface area contributed by atoms with Crippen LogP contribution in [-0.2, 0) is 21.0 Å². The van der Waals surface area contributed by atoms with Gasteiger partial charge in [0.05, 0.1) is 19.3 Å². The zero-order chi connectivity index (χ0) is 14.8. The second-order valence-corrected chi connectivity index (χ2v) is 4.09. The molecule has 0 aromatic heterocycles. The van der Waals surface area contributed by atoms with Crippen LogP contribution in [0.2, 0.25) is 0 Å². The first-order chi connectivity index (χ1) is 9.63. The van der Waals surface area contributed by atoms with Gasteiger partial charge in [-0.1, -0.05) is 35.5 Å². The molecule has 0 aliphatic carbocycles. The molecule has 0 radical (unpaired) electrons. The summed E-state index contributed by atoms with van der Waals surface area (Å²) in [6.07, 6.45) is 0.832. The van der Waals surface area contributed by atoms with Crippen LogP contribution in [0.25, 0.3) is 0 Å². The summed E-state index contributed by atoms with van der Waals surface area (Å²) in [5, 5.41) is 3.53. The molecule has 108 valence electrons. The average molecular weight is 278 g/mol. The summed E-state index contributed by atoms with van der Waals surface area (Å²) in [5.74, 6) is -0.132. The molecule has 0 aliphatic heterocycles. The van der Waals surface area contributed by atoms with E-state index in [4.69, 9.17) is 4.74 Å². The van der Waals surface area contributed by atoms with Crippen LogP contribution < -0.4 is 0 Å². The van der Waals surface area contributed by atoms with Crippen molar-refractivity contribution in [1.82, 2.24) is 4.90 Å². The van der Waals surface area contributed by atoms with Crippen molar-refractivity contribution in [1.29, 1.82) is 0 Å². The molecule has 0 heterocycles. The van der Waals surface area contributed by atoms with E-state index < -0.39 is 6.09 Å². The summed E-state index contributed by atoms with van der Waals surface area (Å²) in [6, 6.07) is 9.32. The molecule has 0 unspecified atom stereocenters. The predicted molar refractivity (Wildman–Crippen MR) is 74.4 cm³/mol. The number of ketones is 1. The van der Waals surface area contributed by atoms with Crippen LogP contribution in [-0.4, -0.2) is 43.2 Å². The lowest BCUT2D eigenvalue weighted by Crippen LogP contribution is -2.36. The summed E-state index contributed by atoms with van der Waals surface area (Å²) < 4.78 is 5.15. The first kappa shape index (κ1) is 15.7. The lowest BCUT2D eigenvalue weighted by atomic mass is 10.2. The molecule has 0 saturated carbocycles. The number of rotatable bonds is 7. The van der Waals surface area contributed by atoms with E-state index in [1.54, 1.807) is 0 Å². The molecule has 6 heteroatoms. The monoisotopic (exact) mass is 278 g/mol. The van der Waals surface area contributed by atoms with Gasteiger partial charge >= 0.3 is 6.09 Å². The van der Waals surface area contributed by atoms with E-state index in [2.05, 4.69) is 9.99 Å². The minimum absolute atomic E-state index is 0.0244. The molecule has 0 aliphatic rings. The van der Waals surface area contributed by atoms with Crippen molar-refractivity contribution >= 4 is 18.1 Å². The number of carbonyl (C=O) groups excluding carboxylic acids is 2. The lowest BCUT2D eigenvalue weighted by molar-refractivity contribution is -0.117. The Bertz CT molecular complexity index is 460. The van der Waals surface area contributed by atoms with E-state index in [1.807, 2.05) is 30.3 Å². The van der Waals surface area contributed by atoms with Gasteiger partial charge in [0.2, 0.25) is 0 Å². The van der Waals surface area contributed by atoms with E-state index >= 15 is 0 Å². The van der Waals surface area contributed by atoms with Crippen molar-refractivity contribution in [2.45, 2.75) is 13.5 Å². The zero-order valence-electron chi connectivity index (χ0n) is 11.6. The Kier molecular flexibility index (Phi) is 6.81. The van der Waals surface area contributed by atoms with E-state index in [-0.39, 0.29) is 25.5 Å². The minimum Gasteiger partial charge on any atom is -0.445 e. The number of benzene rings is 1. The van der Waals surface area contributed by atoms with Crippen molar-refractivity contribution in [2.75, 3.05) is 20.2 Å². The van der Waals surface area contributed by atoms with Gasteiger partial charge in [0, 0.05) is 0 Å². The third kappa shape index (κ3) is 5.99. The van der Waals surface area contributed by atoms with Crippen LogP contribution in [0.1, 0.15) is 12.5 Å². The van der Waals surface area contributed by atoms with E-state index in [0.717, 1.165) is 5.56 Å². The number of hydrogen-bond donors (Lipinski definition) is 0. The van der Waals surface area contributed by atoms with Crippen LogP contribution in [0.4, 0.5) is 4.79 Å². The van der Waals surface area contributed by atoms with Gasteiger partial charge < -0.3 is 9.57 Å². The highest BCUT2D eigenvalue weighted by atomic mass is 16.6. The molecule has 0 saturated heterocycles. The van der Waals surface area contributed by atoms with Crippen LogP contribution >= 0.6 is 0 Å². The first-order valence-corrected chi connectivity index (χ1v) is 6.13. The Morgan fingerprint density at radius 3 is 2.60 bits per heavy atom. The van der Waals surface area contributed by atoms with Gasteiger partial charge in [-0.3, -0.25) is 9.69 Å². The summed E-state index contributed by atoms with van der Waals surface area (Å²) in [4.78, 5) is 28.8. The largest absolute Gasteiger partial charge is 0.445 e. The quantitative estimate of drug-likeness (QED) is 0.564. The van der Waals surface area contributed by atoms with Gasteiger partial charge in [-0.15, -0.1) is 0 Å². The molecule has 0 N–H and O–H groups in total. The van der Waals surface area contributed by atoms with Crippen molar-refractivity contribution in [3.8, 4) is 0 Å². The van der Waals surface area contributed by atoms with Crippen molar-refractivity contribution in [2.24, 2.45) is 5.16 Å². The molecule has 1 aromatic carbocycles. The number of ether oxygens (including phenoxy) is 1. The smallest absolute Gasteiger partial charge is 0.410 e. The van der Waals surface area contributed by atoms with Crippen molar-refractivity contribution < 1.29 is 19.2 Å². The Morgan fingerprint density at radius 1 is 1.30 bits per heavy atom. The molecular weight excluding hydrogens is 260 g/mol. The van der Waals surface area contributed by atoms with Crippen LogP contribution in [0.5, 0.6) is 0 Å². The van der Waals surface area contributed by atoms with Crippen LogP contribution in [0.15, 0.2) is 35.5 Å². The fourth-order valence-corrected chi connectivity index (χ4v) is 1.49. The van der Waals surface area contributed by atoms with Gasteiger partial charge in [0.15, 0.2) is 0 Å². The van der Waals surface area contributed by atoms with Gasteiger partial charge in [-0.2, -0.15) is 0 Å². The summed E-state index contributed by atoms with van der Waals surface area (Å²) in [7, 11) is 1.40. The van der Waals surface area contributed by atoms with Crippen LogP contribution in [0, 0.1) is 0 Å². The highest BCUT2D eigenvalue weighted by Gasteiger charge is 2.15. The molecule has 0 fully saturated rings. The van der Waals surface area contributed by atoms with E-state index in [0.29, 0.717) is 0 Å². The Morgan fingerprint density at radius 2 is 2.00 bits per heavy atom. The van der Waals surface area contributed by atoms with Gasteiger partial charge in [0.1, 0.15) is 19.5 Å². The molecule has 6 nitrogen and oxygen atoms in total. The number of carbonyl (C=O) groups is 2. The molecule has 0 atom stereocenters. The number of oxime groups is 1. The Labute approximate surface area is 118 Å². The molecule has 1 aromatic rings. The predicted octanol–water partition coefficient (Wildman–Crippen LogP) is 1.85. The average Bonchev–Trinajstić information content (AvgIpc) is 2.44. The highest BCUT2D eigenvalue weighted by Crippen LogP contribution is 2.03. The number of hydrogen-bond acceptors (Lipinski definition) is 5. The first-order valence-electron chi connectivity index (χ1n) is 6.13. The van der Waals surface area contributed by atoms with Crippen LogP contribution in [0.3, 0.4) is 0 Å². The summed E-state index contributed by atoms with van der Waals surface area (Å²) >= 11 is 0. The maximum atomic E-state index is 11.9. The summed E-state index contributed by atoms with van der Waals surface area (Å²) in [5.41, 5.74) is 0.884. The minimum atomic E-state index is -0.563. The molecule has 0 bridgehead atoms.